The minimum atomic E-state index is -0.302. The third kappa shape index (κ3) is 3.53. The highest BCUT2D eigenvalue weighted by Gasteiger charge is 2.06. The maximum atomic E-state index is 12.7. The molecule has 5 nitrogen and oxygen atoms in total. The first-order valence-electron chi connectivity index (χ1n) is 5.67. The Morgan fingerprint density at radius 3 is 2.61 bits per heavy atom. The van der Waals surface area contributed by atoms with Crippen molar-refractivity contribution < 1.29 is 13.5 Å². The highest BCUT2D eigenvalue weighted by molar-refractivity contribution is 5.22. The molecule has 0 saturated carbocycles. The van der Waals surface area contributed by atoms with Gasteiger partial charge in [0, 0.05) is 6.42 Å². The molecule has 0 atom stereocenters. The molecule has 18 heavy (non-hydrogen) atoms. The van der Waals surface area contributed by atoms with Crippen molar-refractivity contribution in [2.45, 2.75) is 19.4 Å². The minimum absolute atomic E-state index is 0.168. The van der Waals surface area contributed by atoms with E-state index in [1.54, 1.807) is 12.1 Å². The second-order valence-corrected chi connectivity index (χ2v) is 3.72. The van der Waals surface area contributed by atoms with Crippen LogP contribution in [-0.4, -0.2) is 16.7 Å². The number of ether oxygens (including phenoxy) is 1. The molecule has 0 bridgehead atoms. The normalized spacial score (nSPS) is 10.6. The van der Waals surface area contributed by atoms with Gasteiger partial charge in [0.2, 0.25) is 5.89 Å². The fourth-order valence-corrected chi connectivity index (χ4v) is 1.38. The van der Waals surface area contributed by atoms with Crippen molar-refractivity contribution >= 4 is 0 Å². The van der Waals surface area contributed by atoms with Gasteiger partial charge in [0.15, 0.2) is 6.61 Å². The van der Waals surface area contributed by atoms with Crippen molar-refractivity contribution in [2.75, 3.05) is 6.54 Å². The first-order valence-corrected chi connectivity index (χ1v) is 5.67. The lowest BCUT2D eigenvalue weighted by molar-refractivity contribution is 0.258. The fourth-order valence-electron chi connectivity index (χ4n) is 1.38. The summed E-state index contributed by atoms with van der Waals surface area (Å²) in [6.45, 7) is 0.755. The summed E-state index contributed by atoms with van der Waals surface area (Å²) in [5.74, 6) is 1.20. The Labute approximate surface area is 104 Å². The number of hydrogen-bond acceptors (Lipinski definition) is 5. The summed E-state index contributed by atoms with van der Waals surface area (Å²) in [6.07, 6.45) is 1.47. The molecule has 2 N–H and O–H groups in total. The van der Waals surface area contributed by atoms with Gasteiger partial charge < -0.3 is 14.9 Å². The van der Waals surface area contributed by atoms with Crippen LogP contribution in [0.15, 0.2) is 28.7 Å². The Bertz CT molecular complexity index is 484. The van der Waals surface area contributed by atoms with Gasteiger partial charge in [-0.1, -0.05) is 0 Å². The smallest absolute Gasteiger partial charge is 0.253 e. The highest BCUT2D eigenvalue weighted by atomic mass is 19.1. The first kappa shape index (κ1) is 12.5. The SMILES string of the molecule is NCCCc1nnc(COc2ccc(F)cc2)o1. The summed E-state index contributed by atoms with van der Waals surface area (Å²) in [4.78, 5) is 0. The van der Waals surface area contributed by atoms with Crippen LogP contribution in [0.2, 0.25) is 0 Å². The molecular weight excluding hydrogens is 237 g/mol. The van der Waals surface area contributed by atoms with E-state index in [0.29, 0.717) is 30.5 Å². The van der Waals surface area contributed by atoms with Crippen LogP contribution in [-0.2, 0) is 13.0 Å². The lowest BCUT2D eigenvalue weighted by Gasteiger charge is -2.02. The zero-order valence-corrected chi connectivity index (χ0v) is 9.80. The van der Waals surface area contributed by atoms with Crippen LogP contribution in [0.5, 0.6) is 5.75 Å². The molecule has 1 aromatic heterocycles. The average Bonchev–Trinajstić information content (AvgIpc) is 2.84. The summed E-state index contributed by atoms with van der Waals surface area (Å²) in [5.41, 5.74) is 5.38. The summed E-state index contributed by atoms with van der Waals surface area (Å²) >= 11 is 0. The van der Waals surface area contributed by atoms with Crippen LogP contribution < -0.4 is 10.5 Å². The minimum Gasteiger partial charge on any atom is -0.484 e. The van der Waals surface area contributed by atoms with E-state index in [1.165, 1.54) is 12.1 Å². The van der Waals surface area contributed by atoms with Gasteiger partial charge in [0.1, 0.15) is 11.6 Å². The van der Waals surface area contributed by atoms with Crippen molar-refractivity contribution in [3.8, 4) is 5.75 Å². The van der Waals surface area contributed by atoms with Gasteiger partial charge >= 0.3 is 0 Å². The molecule has 2 rings (SSSR count). The number of aryl methyl sites for hydroxylation is 1. The van der Waals surface area contributed by atoms with Crippen LogP contribution in [0.4, 0.5) is 4.39 Å². The van der Waals surface area contributed by atoms with Crippen molar-refractivity contribution in [3.63, 3.8) is 0 Å². The van der Waals surface area contributed by atoms with E-state index in [9.17, 15) is 4.39 Å². The number of halogens is 1. The van der Waals surface area contributed by atoms with Gasteiger partial charge in [-0.25, -0.2) is 4.39 Å². The molecule has 0 unspecified atom stereocenters. The standard InChI is InChI=1S/C12H14FN3O2/c13-9-3-5-10(6-4-9)17-8-12-16-15-11(18-12)2-1-7-14/h3-6H,1-2,7-8,14H2. The molecule has 6 heteroatoms. The molecule has 0 saturated heterocycles. The van der Waals surface area contributed by atoms with E-state index in [-0.39, 0.29) is 12.4 Å². The molecule has 0 spiro atoms. The van der Waals surface area contributed by atoms with Crippen LogP contribution >= 0.6 is 0 Å². The van der Waals surface area contributed by atoms with E-state index in [1.807, 2.05) is 0 Å². The van der Waals surface area contributed by atoms with Gasteiger partial charge in [-0.05, 0) is 37.2 Å². The van der Waals surface area contributed by atoms with E-state index >= 15 is 0 Å². The molecule has 0 radical (unpaired) electrons. The number of rotatable bonds is 6. The van der Waals surface area contributed by atoms with Gasteiger partial charge in [-0.3, -0.25) is 0 Å². The molecule has 96 valence electrons. The quantitative estimate of drug-likeness (QED) is 0.845. The Balaban J connectivity index is 1.86. The van der Waals surface area contributed by atoms with Crippen LogP contribution in [0.1, 0.15) is 18.2 Å². The number of hydrogen-bond donors (Lipinski definition) is 1. The number of nitrogens with two attached hydrogens (primary N) is 1. The second kappa shape index (κ2) is 6.11. The Hall–Kier alpha value is -1.95. The molecule has 0 fully saturated rings. The fraction of sp³-hybridized carbons (Fsp3) is 0.333. The summed E-state index contributed by atoms with van der Waals surface area (Å²) in [5, 5.41) is 7.71. The van der Waals surface area contributed by atoms with Gasteiger partial charge in [0.05, 0.1) is 0 Å². The number of aromatic nitrogens is 2. The van der Waals surface area contributed by atoms with Crippen LogP contribution in [0, 0.1) is 5.82 Å². The third-order valence-corrected chi connectivity index (χ3v) is 2.28. The van der Waals surface area contributed by atoms with Crippen LogP contribution in [0.3, 0.4) is 0 Å². The third-order valence-electron chi connectivity index (χ3n) is 2.28. The molecule has 1 heterocycles. The van der Waals surface area contributed by atoms with E-state index < -0.39 is 0 Å². The van der Waals surface area contributed by atoms with E-state index in [0.717, 1.165) is 6.42 Å². The largest absolute Gasteiger partial charge is 0.484 e. The number of benzene rings is 1. The lowest BCUT2D eigenvalue weighted by atomic mass is 10.3. The van der Waals surface area contributed by atoms with E-state index in [2.05, 4.69) is 10.2 Å². The average molecular weight is 251 g/mol. The molecular formula is C12H14FN3O2. The molecule has 0 aliphatic carbocycles. The monoisotopic (exact) mass is 251 g/mol. The zero-order chi connectivity index (χ0) is 12.8. The maximum absolute atomic E-state index is 12.7. The van der Waals surface area contributed by atoms with Crippen molar-refractivity contribution in [1.29, 1.82) is 0 Å². The van der Waals surface area contributed by atoms with Crippen LogP contribution in [0.25, 0.3) is 0 Å². The zero-order valence-electron chi connectivity index (χ0n) is 9.80. The van der Waals surface area contributed by atoms with Gasteiger partial charge in [-0.15, -0.1) is 10.2 Å². The molecule has 0 amide bonds. The predicted octanol–water partition coefficient (Wildman–Crippen LogP) is 1.68. The van der Waals surface area contributed by atoms with Crippen molar-refractivity contribution in [3.05, 3.63) is 41.9 Å². The first-order chi connectivity index (χ1) is 8.78. The lowest BCUT2D eigenvalue weighted by Crippen LogP contribution is -2.00. The van der Waals surface area contributed by atoms with Crippen molar-refractivity contribution in [1.82, 2.24) is 10.2 Å². The van der Waals surface area contributed by atoms with E-state index in [4.69, 9.17) is 14.9 Å². The van der Waals surface area contributed by atoms with Crippen molar-refractivity contribution in [2.24, 2.45) is 5.73 Å². The highest BCUT2D eigenvalue weighted by Crippen LogP contribution is 2.13. The maximum Gasteiger partial charge on any atom is 0.253 e. The predicted molar refractivity (Wildman–Crippen MR) is 62.4 cm³/mol. The molecule has 0 aliphatic heterocycles. The Morgan fingerprint density at radius 2 is 1.89 bits per heavy atom. The topological polar surface area (TPSA) is 74.2 Å². The summed E-state index contributed by atoms with van der Waals surface area (Å²) < 4.78 is 23.4. The summed E-state index contributed by atoms with van der Waals surface area (Å²) in [7, 11) is 0. The number of nitrogens with zero attached hydrogens (tertiary/aromatic N) is 2. The molecule has 0 aliphatic rings. The Morgan fingerprint density at radius 1 is 1.17 bits per heavy atom. The second-order valence-electron chi connectivity index (χ2n) is 3.72. The molecule has 2 aromatic rings. The van der Waals surface area contributed by atoms with Gasteiger partial charge in [-0.2, -0.15) is 0 Å². The summed E-state index contributed by atoms with van der Waals surface area (Å²) in [6, 6.07) is 5.74. The Kier molecular flexibility index (Phi) is 4.25. The van der Waals surface area contributed by atoms with Gasteiger partial charge in [0.25, 0.3) is 5.89 Å². The molecule has 1 aromatic carbocycles.